The first kappa shape index (κ1) is 11.4. The van der Waals surface area contributed by atoms with Crippen LogP contribution in [0.3, 0.4) is 0 Å². The molecule has 1 aromatic carbocycles. The standard InChI is InChI=1S/C10H12ClNOS/c11-9-3-1-8(2-4-9)7-14-6-5-10(12)13/h1-4H,5-7H2,(H2,12,13). The minimum atomic E-state index is -0.242. The quantitative estimate of drug-likeness (QED) is 0.789. The molecule has 0 saturated heterocycles. The maximum Gasteiger partial charge on any atom is 0.218 e. The molecule has 0 saturated carbocycles. The zero-order valence-electron chi connectivity index (χ0n) is 7.70. The van der Waals surface area contributed by atoms with E-state index < -0.39 is 0 Å². The Hall–Kier alpha value is -0.670. The summed E-state index contributed by atoms with van der Waals surface area (Å²) in [6.07, 6.45) is 0.443. The number of primary amides is 1. The lowest BCUT2D eigenvalue weighted by molar-refractivity contribution is -0.117. The van der Waals surface area contributed by atoms with E-state index in [-0.39, 0.29) is 5.91 Å². The van der Waals surface area contributed by atoms with Gasteiger partial charge in [-0.3, -0.25) is 4.79 Å². The number of hydrogen-bond acceptors (Lipinski definition) is 2. The van der Waals surface area contributed by atoms with Gasteiger partial charge in [-0.2, -0.15) is 11.8 Å². The highest BCUT2D eigenvalue weighted by Gasteiger charge is 1.96. The fraction of sp³-hybridized carbons (Fsp3) is 0.300. The molecule has 0 aliphatic carbocycles. The van der Waals surface area contributed by atoms with Crippen LogP contribution in [0.1, 0.15) is 12.0 Å². The Bertz CT molecular complexity index is 299. The predicted molar refractivity (Wildman–Crippen MR) is 61.4 cm³/mol. The average Bonchev–Trinajstić information content (AvgIpc) is 2.15. The molecule has 0 unspecified atom stereocenters. The Morgan fingerprint density at radius 2 is 2.00 bits per heavy atom. The summed E-state index contributed by atoms with van der Waals surface area (Å²) >= 11 is 7.44. The van der Waals surface area contributed by atoms with Gasteiger partial charge in [-0.15, -0.1) is 0 Å². The van der Waals surface area contributed by atoms with E-state index in [0.717, 1.165) is 16.5 Å². The predicted octanol–water partition coefficient (Wildman–Crippen LogP) is 2.45. The SMILES string of the molecule is NC(=O)CCSCc1ccc(Cl)cc1. The van der Waals surface area contributed by atoms with E-state index in [4.69, 9.17) is 17.3 Å². The van der Waals surface area contributed by atoms with E-state index in [1.54, 1.807) is 11.8 Å². The maximum atomic E-state index is 10.4. The minimum Gasteiger partial charge on any atom is -0.370 e. The van der Waals surface area contributed by atoms with Crippen molar-refractivity contribution in [1.29, 1.82) is 0 Å². The van der Waals surface area contributed by atoms with Crippen LogP contribution in [0.5, 0.6) is 0 Å². The van der Waals surface area contributed by atoms with Crippen LogP contribution >= 0.6 is 23.4 Å². The largest absolute Gasteiger partial charge is 0.370 e. The smallest absolute Gasteiger partial charge is 0.218 e. The molecule has 2 nitrogen and oxygen atoms in total. The molecule has 14 heavy (non-hydrogen) atoms. The minimum absolute atomic E-state index is 0.242. The number of benzene rings is 1. The van der Waals surface area contributed by atoms with Gasteiger partial charge in [0.1, 0.15) is 0 Å². The van der Waals surface area contributed by atoms with Gasteiger partial charge >= 0.3 is 0 Å². The molecular weight excluding hydrogens is 218 g/mol. The van der Waals surface area contributed by atoms with Crippen molar-refractivity contribution < 1.29 is 4.79 Å². The third-order valence-electron chi connectivity index (χ3n) is 1.67. The molecule has 0 heterocycles. The fourth-order valence-electron chi connectivity index (χ4n) is 0.943. The van der Waals surface area contributed by atoms with Crippen molar-refractivity contribution >= 4 is 29.3 Å². The molecule has 0 fully saturated rings. The van der Waals surface area contributed by atoms with Gasteiger partial charge in [0.05, 0.1) is 0 Å². The molecule has 1 amide bonds. The molecule has 0 aliphatic heterocycles. The topological polar surface area (TPSA) is 43.1 Å². The van der Waals surface area contributed by atoms with E-state index >= 15 is 0 Å². The number of hydrogen-bond donors (Lipinski definition) is 1. The van der Waals surface area contributed by atoms with Crippen molar-refractivity contribution in [2.75, 3.05) is 5.75 Å². The van der Waals surface area contributed by atoms with Crippen LogP contribution in [0.15, 0.2) is 24.3 Å². The van der Waals surface area contributed by atoms with Gasteiger partial charge in [0, 0.05) is 22.9 Å². The molecular formula is C10H12ClNOS. The highest BCUT2D eigenvalue weighted by Crippen LogP contribution is 2.15. The fourth-order valence-corrected chi connectivity index (χ4v) is 1.99. The van der Waals surface area contributed by atoms with Gasteiger partial charge < -0.3 is 5.73 Å². The van der Waals surface area contributed by atoms with Crippen LogP contribution in [0.2, 0.25) is 5.02 Å². The third kappa shape index (κ3) is 4.53. The number of thioether (sulfide) groups is 1. The van der Waals surface area contributed by atoms with Crippen molar-refractivity contribution in [1.82, 2.24) is 0 Å². The van der Waals surface area contributed by atoms with Gasteiger partial charge in [0.15, 0.2) is 0 Å². The highest BCUT2D eigenvalue weighted by molar-refractivity contribution is 7.98. The van der Waals surface area contributed by atoms with Gasteiger partial charge in [0.25, 0.3) is 0 Å². The van der Waals surface area contributed by atoms with E-state index in [2.05, 4.69) is 0 Å². The molecule has 0 atom stereocenters. The highest BCUT2D eigenvalue weighted by atomic mass is 35.5. The number of rotatable bonds is 5. The summed E-state index contributed by atoms with van der Waals surface area (Å²) in [5, 5.41) is 0.746. The Morgan fingerprint density at radius 1 is 1.36 bits per heavy atom. The first-order valence-electron chi connectivity index (χ1n) is 4.29. The van der Waals surface area contributed by atoms with Crippen molar-refractivity contribution in [2.24, 2.45) is 5.73 Å². The molecule has 0 radical (unpaired) electrons. The van der Waals surface area contributed by atoms with Crippen LogP contribution in [0.4, 0.5) is 0 Å². The average molecular weight is 230 g/mol. The molecule has 1 rings (SSSR count). The molecule has 4 heteroatoms. The van der Waals surface area contributed by atoms with Crippen molar-refractivity contribution in [2.45, 2.75) is 12.2 Å². The molecule has 0 spiro atoms. The summed E-state index contributed by atoms with van der Waals surface area (Å²) in [5.41, 5.74) is 6.23. The summed E-state index contributed by atoms with van der Waals surface area (Å²) in [4.78, 5) is 10.4. The van der Waals surface area contributed by atoms with Crippen LogP contribution < -0.4 is 5.73 Å². The van der Waals surface area contributed by atoms with E-state index in [1.807, 2.05) is 24.3 Å². The summed E-state index contributed by atoms with van der Waals surface area (Å²) in [6, 6.07) is 7.70. The van der Waals surface area contributed by atoms with E-state index in [9.17, 15) is 4.79 Å². The van der Waals surface area contributed by atoms with Crippen LogP contribution in [-0.2, 0) is 10.5 Å². The number of carbonyl (C=O) groups excluding carboxylic acids is 1. The molecule has 1 aromatic rings. The first-order chi connectivity index (χ1) is 6.68. The van der Waals surface area contributed by atoms with Gasteiger partial charge in [-0.1, -0.05) is 23.7 Å². The molecule has 0 bridgehead atoms. The zero-order chi connectivity index (χ0) is 10.4. The number of carbonyl (C=O) groups is 1. The second-order valence-electron chi connectivity index (χ2n) is 2.90. The van der Waals surface area contributed by atoms with Crippen molar-refractivity contribution in [3.8, 4) is 0 Å². The molecule has 76 valence electrons. The van der Waals surface area contributed by atoms with Gasteiger partial charge in [0.2, 0.25) is 5.91 Å². The Balaban J connectivity index is 2.25. The Morgan fingerprint density at radius 3 is 2.57 bits per heavy atom. The summed E-state index contributed by atoms with van der Waals surface area (Å²) in [5.74, 6) is 1.43. The lowest BCUT2D eigenvalue weighted by atomic mass is 10.2. The lowest BCUT2D eigenvalue weighted by Crippen LogP contribution is -2.10. The van der Waals surface area contributed by atoms with Gasteiger partial charge in [-0.05, 0) is 17.7 Å². The van der Waals surface area contributed by atoms with Gasteiger partial charge in [-0.25, -0.2) is 0 Å². The summed E-state index contributed by atoms with van der Waals surface area (Å²) in [7, 11) is 0. The van der Waals surface area contributed by atoms with Crippen LogP contribution in [0, 0.1) is 0 Å². The van der Waals surface area contributed by atoms with Crippen LogP contribution in [0.25, 0.3) is 0 Å². The normalized spacial score (nSPS) is 10.1. The Kier molecular flexibility index (Phi) is 4.84. The van der Waals surface area contributed by atoms with Crippen LogP contribution in [-0.4, -0.2) is 11.7 Å². The molecule has 0 aromatic heterocycles. The number of nitrogens with two attached hydrogens (primary N) is 1. The summed E-state index contributed by atoms with van der Waals surface area (Å²) in [6.45, 7) is 0. The van der Waals surface area contributed by atoms with Crippen molar-refractivity contribution in [3.63, 3.8) is 0 Å². The second-order valence-corrected chi connectivity index (χ2v) is 4.44. The third-order valence-corrected chi connectivity index (χ3v) is 2.96. The maximum absolute atomic E-state index is 10.4. The summed E-state index contributed by atoms with van der Waals surface area (Å²) < 4.78 is 0. The molecule has 2 N–H and O–H groups in total. The lowest BCUT2D eigenvalue weighted by Gasteiger charge is -2.00. The first-order valence-corrected chi connectivity index (χ1v) is 5.82. The number of amides is 1. The van der Waals surface area contributed by atoms with Crippen molar-refractivity contribution in [3.05, 3.63) is 34.9 Å². The molecule has 0 aliphatic rings. The Labute approximate surface area is 92.8 Å². The van der Waals surface area contributed by atoms with E-state index in [0.29, 0.717) is 6.42 Å². The van der Waals surface area contributed by atoms with E-state index in [1.165, 1.54) is 5.56 Å². The second kappa shape index (κ2) is 5.94. The zero-order valence-corrected chi connectivity index (χ0v) is 9.27. The monoisotopic (exact) mass is 229 g/mol. The number of halogens is 1.